The van der Waals surface area contributed by atoms with Crippen LogP contribution in [0.5, 0.6) is 0 Å². The lowest BCUT2D eigenvalue weighted by atomic mass is 10.2. The molecule has 0 spiro atoms. The Morgan fingerprint density at radius 2 is 2.29 bits per heavy atom. The molecular formula is C16H18N6OS. The van der Waals surface area contributed by atoms with Gasteiger partial charge in [0, 0.05) is 43.1 Å². The van der Waals surface area contributed by atoms with E-state index in [-0.39, 0.29) is 11.9 Å². The molecule has 3 rings (SSSR count). The zero-order valence-electron chi connectivity index (χ0n) is 13.3. The number of aromatic nitrogens is 5. The quantitative estimate of drug-likeness (QED) is 0.711. The first-order valence-corrected chi connectivity index (χ1v) is 8.63. The minimum absolute atomic E-state index is 0.0226. The Hall–Kier alpha value is -2.61. The Morgan fingerprint density at radius 1 is 1.38 bits per heavy atom. The van der Waals surface area contributed by atoms with Crippen molar-refractivity contribution in [1.82, 2.24) is 30.0 Å². The number of hydrogen-bond acceptors (Lipinski definition) is 6. The molecule has 0 saturated carbocycles. The molecule has 7 nitrogen and oxygen atoms in total. The van der Waals surface area contributed by atoms with Gasteiger partial charge in [-0.25, -0.2) is 4.98 Å². The average molecular weight is 342 g/mol. The standard InChI is InChI=1S/C16H18N6OS/c1-2-14(22-9-3-5-20-22)15(23)19-6-4-12-11-24-16(21-12)13-10-17-7-8-18-13/h3,5,7-11,14H,2,4,6H2,1H3,(H,19,23). The molecule has 0 fully saturated rings. The maximum atomic E-state index is 12.3. The topological polar surface area (TPSA) is 85.6 Å². The highest BCUT2D eigenvalue weighted by molar-refractivity contribution is 7.13. The first-order valence-electron chi connectivity index (χ1n) is 7.75. The predicted molar refractivity (Wildman–Crippen MR) is 91.4 cm³/mol. The summed E-state index contributed by atoms with van der Waals surface area (Å²) in [6.07, 6.45) is 9.84. The van der Waals surface area contributed by atoms with Crippen LogP contribution in [-0.2, 0) is 11.2 Å². The molecule has 3 aromatic heterocycles. The molecule has 3 heterocycles. The van der Waals surface area contributed by atoms with Crippen LogP contribution in [0.2, 0.25) is 0 Å². The van der Waals surface area contributed by atoms with Crippen molar-refractivity contribution in [2.24, 2.45) is 0 Å². The molecule has 0 radical (unpaired) electrons. The van der Waals surface area contributed by atoms with Gasteiger partial charge in [-0.2, -0.15) is 5.10 Å². The normalized spacial score (nSPS) is 12.0. The van der Waals surface area contributed by atoms with Gasteiger partial charge < -0.3 is 5.32 Å². The van der Waals surface area contributed by atoms with Gasteiger partial charge in [0.05, 0.1) is 11.9 Å². The summed E-state index contributed by atoms with van der Waals surface area (Å²) in [5.74, 6) is -0.0226. The Balaban J connectivity index is 1.53. The van der Waals surface area contributed by atoms with Gasteiger partial charge in [0.1, 0.15) is 16.7 Å². The molecule has 0 aliphatic carbocycles. The van der Waals surface area contributed by atoms with Gasteiger partial charge in [-0.3, -0.25) is 19.4 Å². The van der Waals surface area contributed by atoms with Crippen LogP contribution in [-0.4, -0.2) is 37.2 Å². The third-order valence-electron chi connectivity index (χ3n) is 3.55. The fraction of sp³-hybridized carbons (Fsp3) is 0.312. The molecular weight excluding hydrogens is 324 g/mol. The minimum Gasteiger partial charge on any atom is -0.354 e. The summed E-state index contributed by atoms with van der Waals surface area (Å²) >= 11 is 1.53. The monoisotopic (exact) mass is 342 g/mol. The van der Waals surface area contributed by atoms with E-state index in [9.17, 15) is 4.79 Å². The lowest BCUT2D eigenvalue weighted by molar-refractivity contribution is -0.124. The lowest BCUT2D eigenvalue weighted by Gasteiger charge is -2.15. The zero-order chi connectivity index (χ0) is 16.8. The van der Waals surface area contributed by atoms with Gasteiger partial charge in [0.2, 0.25) is 5.91 Å². The van der Waals surface area contributed by atoms with Gasteiger partial charge in [-0.05, 0) is 12.5 Å². The van der Waals surface area contributed by atoms with Crippen molar-refractivity contribution in [2.45, 2.75) is 25.8 Å². The average Bonchev–Trinajstić information content (AvgIpc) is 3.28. The molecule has 24 heavy (non-hydrogen) atoms. The first-order chi connectivity index (χ1) is 11.8. The van der Waals surface area contributed by atoms with Crippen molar-refractivity contribution >= 4 is 17.2 Å². The Morgan fingerprint density at radius 3 is 3.00 bits per heavy atom. The van der Waals surface area contributed by atoms with Gasteiger partial charge in [0.25, 0.3) is 0 Å². The fourth-order valence-corrected chi connectivity index (χ4v) is 3.15. The molecule has 0 bridgehead atoms. The lowest BCUT2D eigenvalue weighted by Crippen LogP contribution is -2.33. The molecule has 8 heteroatoms. The third-order valence-corrected chi connectivity index (χ3v) is 4.46. The Bertz CT molecular complexity index is 771. The zero-order valence-corrected chi connectivity index (χ0v) is 14.1. The predicted octanol–water partition coefficient (Wildman–Crippen LogP) is 2.11. The number of nitrogens with one attached hydrogen (secondary N) is 1. The van der Waals surface area contributed by atoms with E-state index in [0.717, 1.165) is 16.4 Å². The largest absolute Gasteiger partial charge is 0.354 e. The number of amides is 1. The van der Waals surface area contributed by atoms with Gasteiger partial charge in [-0.15, -0.1) is 11.3 Å². The second-order valence-corrected chi connectivity index (χ2v) is 6.04. The van der Waals surface area contributed by atoms with Gasteiger partial charge in [0.15, 0.2) is 0 Å². The highest BCUT2D eigenvalue weighted by Gasteiger charge is 2.18. The molecule has 1 unspecified atom stereocenters. The SMILES string of the molecule is CCC(C(=O)NCCc1csc(-c2cnccn2)n1)n1cccn1. The third kappa shape index (κ3) is 3.83. The van der Waals surface area contributed by atoms with E-state index in [0.29, 0.717) is 19.4 Å². The fourth-order valence-electron chi connectivity index (χ4n) is 2.34. The van der Waals surface area contributed by atoms with E-state index in [2.05, 4.69) is 25.4 Å². The summed E-state index contributed by atoms with van der Waals surface area (Å²) in [5, 5.41) is 9.93. The van der Waals surface area contributed by atoms with E-state index >= 15 is 0 Å². The Labute approximate surface area is 143 Å². The summed E-state index contributed by atoms with van der Waals surface area (Å²) in [6.45, 7) is 2.51. The maximum absolute atomic E-state index is 12.3. The second kappa shape index (κ2) is 7.78. The maximum Gasteiger partial charge on any atom is 0.244 e. The molecule has 0 aliphatic rings. The minimum atomic E-state index is -0.273. The van der Waals surface area contributed by atoms with Gasteiger partial charge >= 0.3 is 0 Å². The number of carbonyl (C=O) groups excluding carboxylic acids is 1. The molecule has 124 valence electrons. The van der Waals surface area contributed by atoms with Gasteiger partial charge in [-0.1, -0.05) is 6.92 Å². The van der Waals surface area contributed by atoms with Crippen LogP contribution in [0.15, 0.2) is 42.4 Å². The number of carbonyl (C=O) groups is 1. The van der Waals surface area contributed by atoms with Crippen LogP contribution >= 0.6 is 11.3 Å². The van der Waals surface area contributed by atoms with E-state index < -0.39 is 0 Å². The van der Waals surface area contributed by atoms with Crippen molar-refractivity contribution in [3.05, 3.63) is 48.1 Å². The molecule has 1 amide bonds. The Kier molecular flexibility index (Phi) is 5.27. The van der Waals surface area contributed by atoms with Crippen LogP contribution < -0.4 is 5.32 Å². The van der Waals surface area contributed by atoms with Crippen LogP contribution in [0.4, 0.5) is 0 Å². The van der Waals surface area contributed by atoms with Crippen LogP contribution in [0.3, 0.4) is 0 Å². The summed E-state index contributed by atoms with van der Waals surface area (Å²) in [4.78, 5) is 25.1. The van der Waals surface area contributed by atoms with Crippen LogP contribution in [0, 0.1) is 0 Å². The summed E-state index contributed by atoms with van der Waals surface area (Å²) in [7, 11) is 0. The second-order valence-electron chi connectivity index (χ2n) is 5.19. The van der Waals surface area contributed by atoms with Crippen LogP contribution in [0.1, 0.15) is 25.1 Å². The smallest absolute Gasteiger partial charge is 0.244 e. The summed E-state index contributed by atoms with van der Waals surface area (Å²) in [5.41, 5.74) is 1.70. The summed E-state index contributed by atoms with van der Waals surface area (Å²) in [6, 6.07) is 1.55. The molecule has 0 saturated heterocycles. The van der Waals surface area contributed by atoms with E-state index in [1.54, 1.807) is 35.7 Å². The molecule has 0 aliphatic heterocycles. The van der Waals surface area contributed by atoms with Crippen molar-refractivity contribution in [2.75, 3.05) is 6.54 Å². The van der Waals surface area contributed by atoms with E-state index in [4.69, 9.17) is 0 Å². The molecule has 1 N–H and O–H groups in total. The highest BCUT2D eigenvalue weighted by atomic mass is 32.1. The summed E-state index contributed by atoms with van der Waals surface area (Å²) < 4.78 is 1.68. The molecule has 3 aromatic rings. The number of thiazole rings is 1. The van der Waals surface area contributed by atoms with Crippen molar-refractivity contribution < 1.29 is 4.79 Å². The van der Waals surface area contributed by atoms with Crippen molar-refractivity contribution in [3.8, 4) is 10.7 Å². The number of rotatable bonds is 7. The van der Waals surface area contributed by atoms with Crippen molar-refractivity contribution in [1.29, 1.82) is 0 Å². The first kappa shape index (κ1) is 16.3. The van der Waals surface area contributed by atoms with Crippen molar-refractivity contribution in [3.63, 3.8) is 0 Å². The number of hydrogen-bond donors (Lipinski definition) is 1. The van der Waals surface area contributed by atoms with E-state index in [1.807, 2.05) is 18.4 Å². The molecule has 1 atom stereocenters. The highest BCUT2D eigenvalue weighted by Crippen LogP contribution is 2.20. The number of nitrogens with zero attached hydrogens (tertiary/aromatic N) is 5. The molecule has 0 aromatic carbocycles. The van der Waals surface area contributed by atoms with Crippen LogP contribution in [0.25, 0.3) is 10.7 Å². The van der Waals surface area contributed by atoms with E-state index in [1.165, 1.54) is 11.3 Å².